The van der Waals surface area contributed by atoms with Crippen molar-refractivity contribution in [2.75, 3.05) is 52.0 Å². The third-order valence-electron chi connectivity index (χ3n) is 14.7. The molecule has 4 fully saturated rings. The molecule has 0 spiro atoms. The van der Waals surface area contributed by atoms with Crippen molar-refractivity contribution in [2.24, 2.45) is 10.8 Å². The maximum absolute atomic E-state index is 14.5. The highest BCUT2D eigenvalue weighted by Gasteiger charge is 2.55. The zero-order valence-corrected chi connectivity index (χ0v) is 46.5. The lowest BCUT2D eigenvalue weighted by Crippen LogP contribution is -2.58. The van der Waals surface area contributed by atoms with E-state index < -0.39 is 23.5 Å². The van der Waals surface area contributed by atoms with Crippen LogP contribution < -0.4 is 31.9 Å². The first-order valence-corrected chi connectivity index (χ1v) is 28.4. The number of ether oxygens (including phenoxy) is 2. The summed E-state index contributed by atoms with van der Waals surface area (Å²) in [6.07, 6.45) is 5.62. The van der Waals surface area contributed by atoms with Gasteiger partial charge in [-0.25, -0.2) is 0 Å². The molecule has 16 nitrogen and oxygen atoms in total. The maximum Gasteiger partial charge on any atom is 0.246 e. The van der Waals surface area contributed by atoms with E-state index in [1.165, 1.54) is 0 Å². The zero-order chi connectivity index (χ0) is 51.6. The first-order chi connectivity index (χ1) is 34.5. The molecule has 4 aliphatic heterocycles. The van der Waals surface area contributed by atoms with Crippen LogP contribution in [0.4, 0.5) is 0 Å². The van der Waals surface area contributed by atoms with E-state index in [1.807, 2.05) is 99.3 Å². The number of nitrogens with zero attached hydrogens (tertiary/aromatic N) is 5. The quantitative estimate of drug-likeness (QED) is 0.0528. The third-order valence-corrected chi connectivity index (χ3v) is 18.2. The number of rotatable bonds is 23. The second-order valence-electron chi connectivity index (χ2n) is 20.9. The van der Waals surface area contributed by atoms with E-state index >= 15 is 0 Å². The van der Waals surface area contributed by atoms with Crippen LogP contribution in [0.3, 0.4) is 0 Å². The van der Waals surface area contributed by atoms with Crippen molar-refractivity contribution < 1.29 is 23.9 Å². The number of amides is 3. The van der Waals surface area contributed by atoms with Gasteiger partial charge in [0.2, 0.25) is 17.7 Å². The fraction of sp³-hybridized carbons (Fsp3) is 0.635. The van der Waals surface area contributed by atoms with Crippen LogP contribution in [0.15, 0.2) is 66.9 Å². The van der Waals surface area contributed by atoms with Gasteiger partial charge in [0.05, 0.1) is 77.0 Å². The van der Waals surface area contributed by atoms with Gasteiger partial charge in [0.25, 0.3) is 0 Å². The highest BCUT2D eigenvalue weighted by atomic mass is 32.2. The predicted molar refractivity (Wildman–Crippen MR) is 296 cm³/mol. The third kappa shape index (κ3) is 13.9. The number of carbonyl (C=O) groups is 3. The number of hydrogen-bond acceptors (Lipinski definition) is 14. The number of aromatic nitrogens is 3. The molecule has 20 heteroatoms. The minimum atomic E-state index is -0.673. The number of thiocarbonyl (C=S) groups is 2. The molecular weight excluding hydrogens is 987 g/mol. The first-order valence-electron chi connectivity index (χ1n) is 25.5. The van der Waals surface area contributed by atoms with Crippen LogP contribution in [0.1, 0.15) is 103 Å². The molecule has 4 aliphatic rings. The number of benzene rings is 2. The van der Waals surface area contributed by atoms with Gasteiger partial charge in [-0.1, -0.05) is 118 Å². The Morgan fingerprint density at radius 2 is 1.32 bits per heavy atom. The Hall–Kier alpha value is -3.73. The predicted octanol–water partition coefficient (Wildman–Crippen LogP) is 5.36. The average Bonchev–Trinajstić information content (AvgIpc) is 3.95. The maximum atomic E-state index is 14.5. The fourth-order valence-corrected chi connectivity index (χ4v) is 13.9. The van der Waals surface area contributed by atoms with E-state index in [2.05, 4.69) is 86.9 Å². The second kappa shape index (κ2) is 25.7. The zero-order valence-electron chi connectivity index (χ0n) is 43.2. The Labute approximate surface area is 446 Å². The summed E-state index contributed by atoms with van der Waals surface area (Å²) in [5.74, 6) is 1.51. The van der Waals surface area contributed by atoms with Gasteiger partial charge in [-0.15, -0.1) is 28.6 Å². The van der Waals surface area contributed by atoms with Gasteiger partial charge in [0.15, 0.2) is 0 Å². The SMILES string of the molecule is CN[C@@H](C)C(=S)N[C@H]1CCS[C@H]2CC(C)(C)C(CN[C@H](COCCCn3cc(COC[C@@H](NC(=O)[C@H]4N5C(=O)[C@@H](NC(=S)[C@H](C)NC)CCS[C@H]5CC4(C)C)c4ccccc4)nn3)c3ccccc3)N2C1=O. The standard InChI is InChI=1S/C52H77N11O5S4/c1-33(53-7)47(69)57-38-20-24-71-43-26-51(3,4)42(62(43)49(38)65)28-55-40(35-16-11-9-12-17-35)31-67-23-15-22-61-29-37(59-60-61)30-68-32-41(36-18-13-10-14-19-36)56-46(64)45-52(5,6)27-44-63(45)50(66)39(21-25-72-44)58-48(70)34(2)54-8/h9-14,16-19,29,33-34,38-45,53-55H,15,20-28,30-32H2,1-8H3,(H,56,64)(H,57,69)(H,58,70)/t33-,34-,38-,39-,40+,41+,42?,43-,44-,45+/m0/s1. The molecule has 0 saturated carbocycles. The molecular formula is C52H77N11O5S4. The molecule has 6 N–H and O–H groups in total. The number of fused-ring (bicyclic) bond motifs is 2. The van der Waals surface area contributed by atoms with Crippen LogP contribution in [0.25, 0.3) is 0 Å². The smallest absolute Gasteiger partial charge is 0.246 e. The molecule has 5 heterocycles. The first kappa shape index (κ1) is 56.0. The summed E-state index contributed by atoms with van der Waals surface area (Å²) in [6, 6.07) is 18.0. The molecule has 394 valence electrons. The topological polar surface area (TPSA) is 179 Å². The highest BCUT2D eigenvalue weighted by molar-refractivity contribution is 8.00. The van der Waals surface area contributed by atoms with E-state index in [0.717, 1.165) is 41.9 Å². The van der Waals surface area contributed by atoms with Crippen LogP contribution in [-0.4, -0.2) is 151 Å². The molecule has 72 heavy (non-hydrogen) atoms. The van der Waals surface area contributed by atoms with Crippen LogP contribution in [0.5, 0.6) is 0 Å². The summed E-state index contributed by atoms with van der Waals surface area (Å²) in [5.41, 5.74) is 2.17. The van der Waals surface area contributed by atoms with E-state index in [0.29, 0.717) is 54.8 Å². The molecule has 0 aliphatic carbocycles. The number of hydrogen-bond donors (Lipinski definition) is 6. The van der Waals surface area contributed by atoms with E-state index in [4.69, 9.17) is 33.9 Å². The Morgan fingerprint density at radius 1 is 0.778 bits per heavy atom. The van der Waals surface area contributed by atoms with Crippen LogP contribution in [0.2, 0.25) is 0 Å². The minimum Gasteiger partial charge on any atom is -0.379 e. The van der Waals surface area contributed by atoms with Crippen molar-refractivity contribution in [3.63, 3.8) is 0 Å². The van der Waals surface area contributed by atoms with Gasteiger partial charge in [-0.3, -0.25) is 19.1 Å². The van der Waals surface area contributed by atoms with Crippen molar-refractivity contribution in [3.8, 4) is 0 Å². The fourth-order valence-electron chi connectivity index (χ4n) is 10.2. The Bertz CT molecular complexity index is 2290. The summed E-state index contributed by atoms with van der Waals surface area (Å²) in [6.45, 7) is 15.3. The van der Waals surface area contributed by atoms with Crippen molar-refractivity contribution in [3.05, 3.63) is 83.7 Å². The number of thioether (sulfide) groups is 2. The van der Waals surface area contributed by atoms with Crippen LogP contribution in [0, 0.1) is 10.8 Å². The molecule has 0 radical (unpaired) electrons. The van der Waals surface area contributed by atoms with Crippen molar-refractivity contribution >= 4 is 75.7 Å². The number of likely N-dealkylation sites (N-methyl/N-ethyl adjacent to an activating group) is 2. The summed E-state index contributed by atoms with van der Waals surface area (Å²) in [4.78, 5) is 48.2. The van der Waals surface area contributed by atoms with Gasteiger partial charge in [0.1, 0.15) is 23.8 Å². The Balaban J connectivity index is 0.908. The lowest BCUT2D eigenvalue weighted by Gasteiger charge is -2.36. The summed E-state index contributed by atoms with van der Waals surface area (Å²) < 4.78 is 14.4. The van der Waals surface area contributed by atoms with E-state index in [1.54, 1.807) is 16.4 Å². The second-order valence-corrected chi connectivity index (χ2v) is 24.4. The molecule has 1 aromatic heterocycles. The van der Waals surface area contributed by atoms with Gasteiger partial charge in [-0.2, -0.15) is 0 Å². The molecule has 7 rings (SSSR count). The molecule has 1 unspecified atom stereocenters. The highest BCUT2D eigenvalue weighted by Crippen LogP contribution is 2.47. The van der Waals surface area contributed by atoms with Gasteiger partial charge in [-0.05, 0) is 93.5 Å². The summed E-state index contributed by atoms with van der Waals surface area (Å²) >= 11 is 14.9. The number of aryl methyl sites for hydroxylation is 1. The monoisotopic (exact) mass is 1060 g/mol. The van der Waals surface area contributed by atoms with Gasteiger partial charge >= 0.3 is 0 Å². The largest absolute Gasteiger partial charge is 0.379 e. The Morgan fingerprint density at radius 3 is 1.92 bits per heavy atom. The van der Waals surface area contributed by atoms with Crippen molar-refractivity contribution in [1.82, 2.24) is 56.7 Å². The van der Waals surface area contributed by atoms with Gasteiger partial charge in [0, 0.05) is 19.7 Å². The molecule has 4 saturated heterocycles. The number of carbonyl (C=O) groups excluding carboxylic acids is 3. The molecule has 2 aromatic carbocycles. The van der Waals surface area contributed by atoms with Crippen LogP contribution >= 0.6 is 48.0 Å². The van der Waals surface area contributed by atoms with Gasteiger partial charge < -0.3 is 51.2 Å². The van der Waals surface area contributed by atoms with Crippen molar-refractivity contribution in [2.45, 2.75) is 146 Å². The minimum absolute atomic E-state index is 0.00273. The molecule has 10 atom stereocenters. The lowest BCUT2D eigenvalue weighted by molar-refractivity contribution is -0.142. The molecule has 0 bridgehead atoms. The molecule has 3 amide bonds. The summed E-state index contributed by atoms with van der Waals surface area (Å²) in [5, 5.41) is 28.9. The average molecular weight is 1060 g/mol. The Kier molecular flexibility index (Phi) is 20.0. The van der Waals surface area contributed by atoms with Crippen molar-refractivity contribution in [1.29, 1.82) is 0 Å². The van der Waals surface area contributed by atoms with Crippen LogP contribution in [-0.2, 0) is 37.0 Å². The normalized spacial score (nSPS) is 25.3. The molecule has 3 aromatic rings. The summed E-state index contributed by atoms with van der Waals surface area (Å²) in [7, 11) is 3.71. The van der Waals surface area contributed by atoms with E-state index in [-0.39, 0.29) is 77.3 Å². The van der Waals surface area contributed by atoms with E-state index in [9.17, 15) is 14.4 Å². The number of nitrogens with one attached hydrogen (secondary N) is 6. The lowest BCUT2D eigenvalue weighted by atomic mass is 9.83.